The Hall–Kier alpha value is -0.197. The summed E-state index contributed by atoms with van der Waals surface area (Å²) < 4.78 is 1.32. The van der Waals surface area contributed by atoms with Crippen LogP contribution in [0, 0.1) is 0 Å². The summed E-state index contributed by atoms with van der Waals surface area (Å²) in [5, 5.41) is 0. The van der Waals surface area contributed by atoms with E-state index in [1.54, 1.807) is 0 Å². The smallest absolute Gasteiger partial charge is 0.147 e. The number of halogens is 1. The summed E-state index contributed by atoms with van der Waals surface area (Å²) in [5.74, 6) is 0.227. The molecule has 1 aromatic carbocycles. The van der Waals surface area contributed by atoms with Gasteiger partial charge in [0.1, 0.15) is 0 Å². The summed E-state index contributed by atoms with van der Waals surface area (Å²) in [6.07, 6.45) is 0.597. The topological polar surface area (TPSA) is 17.1 Å². The van der Waals surface area contributed by atoms with E-state index in [2.05, 4.69) is 0 Å². The Morgan fingerprint density at radius 3 is 2.25 bits per heavy atom. The van der Waals surface area contributed by atoms with Crippen molar-refractivity contribution in [1.82, 2.24) is 0 Å². The normalized spacial score (nSPS) is 8.92. The van der Waals surface area contributed by atoms with Crippen LogP contribution in [0.1, 0.15) is 23.7 Å². The van der Waals surface area contributed by atoms with Gasteiger partial charge in [0.2, 0.25) is 0 Å². The summed E-state index contributed by atoms with van der Waals surface area (Å²) >= 11 is 1.15. The number of hydrogen-bond donors (Lipinski definition) is 0. The van der Waals surface area contributed by atoms with Gasteiger partial charge >= 0.3 is 76.2 Å². The molecule has 0 radical (unpaired) electrons. The largest absolute Gasteiger partial charge is 0.147 e. The third-order valence-corrected chi connectivity index (χ3v) is 2.59. The predicted octanol–water partition coefficient (Wildman–Crippen LogP) is 1.87. The van der Waals surface area contributed by atoms with E-state index in [0.29, 0.717) is 6.42 Å². The van der Waals surface area contributed by atoms with Gasteiger partial charge in [-0.1, -0.05) is 0 Å². The molecule has 0 aromatic heterocycles. The number of benzene rings is 1. The van der Waals surface area contributed by atoms with Crippen LogP contribution in [-0.2, 0) is 18.3 Å². The monoisotopic (exact) mass is 233 g/mol. The van der Waals surface area contributed by atoms with Crippen molar-refractivity contribution in [3.05, 3.63) is 29.8 Å². The molecule has 0 aliphatic heterocycles. The third-order valence-electron chi connectivity index (χ3n) is 1.60. The Labute approximate surface area is 88.6 Å². The van der Waals surface area contributed by atoms with Gasteiger partial charge in [0.05, 0.1) is 0 Å². The van der Waals surface area contributed by atoms with E-state index in [-0.39, 0.29) is 18.2 Å². The van der Waals surface area contributed by atoms with Crippen molar-refractivity contribution in [1.29, 1.82) is 0 Å². The Bertz CT molecular complexity index is 256. The summed E-state index contributed by atoms with van der Waals surface area (Å²) in [4.78, 5) is 11.1. The van der Waals surface area contributed by atoms with Crippen molar-refractivity contribution in [2.75, 3.05) is 0 Å². The molecule has 1 nitrogen and oxygen atoms in total. The van der Waals surface area contributed by atoms with Crippen molar-refractivity contribution >= 4 is 22.3 Å². The molecule has 0 amide bonds. The van der Waals surface area contributed by atoms with E-state index < -0.39 is 0 Å². The minimum Gasteiger partial charge on any atom is -0.147 e. The van der Waals surface area contributed by atoms with Crippen LogP contribution in [0.5, 0.6) is 0 Å². The molecule has 0 bridgehead atoms. The van der Waals surface area contributed by atoms with Crippen LogP contribution in [0.15, 0.2) is 24.3 Å². The molecule has 0 saturated heterocycles. The zero-order chi connectivity index (χ0) is 8.27. The van der Waals surface area contributed by atoms with Crippen molar-refractivity contribution in [3.63, 3.8) is 0 Å². The van der Waals surface area contributed by atoms with Gasteiger partial charge in [-0.3, -0.25) is 0 Å². The molecular formula is C9H10ClOZn. The molecule has 0 atom stereocenters. The minimum atomic E-state index is 0. The second-order valence-electron chi connectivity index (χ2n) is 2.47. The molecule has 0 unspecified atom stereocenters. The Balaban J connectivity index is 0.00000121. The van der Waals surface area contributed by atoms with Gasteiger partial charge in [-0.2, -0.15) is 0 Å². The molecular weight excluding hydrogens is 225 g/mol. The quantitative estimate of drug-likeness (QED) is 0.564. The molecule has 0 fully saturated rings. The first-order valence-electron chi connectivity index (χ1n) is 3.69. The number of rotatable bonds is 2. The molecule has 0 saturated carbocycles. The second kappa shape index (κ2) is 5.45. The van der Waals surface area contributed by atoms with E-state index in [0.717, 1.165) is 23.9 Å². The molecule has 1 aromatic rings. The van der Waals surface area contributed by atoms with Gasteiger partial charge in [0.25, 0.3) is 0 Å². The zero-order valence-electron chi connectivity index (χ0n) is 7.04. The maximum absolute atomic E-state index is 11.1. The van der Waals surface area contributed by atoms with Crippen LogP contribution >= 0.6 is 12.4 Å². The molecule has 1 rings (SSSR count). The predicted molar refractivity (Wildman–Crippen MR) is 47.9 cm³/mol. The van der Waals surface area contributed by atoms with Crippen molar-refractivity contribution in [3.8, 4) is 0 Å². The SMILES string of the molecule is CCC(=O)c1cc[c]([Zn])cc1.Cl. The van der Waals surface area contributed by atoms with Gasteiger partial charge in [-0.25, -0.2) is 0 Å². The Kier molecular flexibility index (Phi) is 5.36. The van der Waals surface area contributed by atoms with Gasteiger partial charge in [0, 0.05) is 0 Å². The third kappa shape index (κ3) is 3.04. The maximum atomic E-state index is 11.1. The van der Waals surface area contributed by atoms with Gasteiger partial charge in [-0.05, 0) is 0 Å². The average Bonchev–Trinajstić information content (AvgIpc) is 2.05. The van der Waals surface area contributed by atoms with Crippen LogP contribution < -0.4 is 4.16 Å². The first kappa shape index (κ1) is 11.8. The number of carbonyl (C=O) groups is 1. The summed E-state index contributed by atoms with van der Waals surface area (Å²) in [6, 6.07) is 7.85. The van der Waals surface area contributed by atoms with Crippen LogP contribution in [0.4, 0.5) is 0 Å². The molecule has 0 aliphatic rings. The Morgan fingerprint density at radius 2 is 1.83 bits per heavy atom. The fourth-order valence-corrected chi connectivity index (χ4v) is 1.39. The van der Waals surface area contributed by atoms with Crippen LogP contribution in [-0.4, -0.2) is 5.78 Å². The molecule has 61 valence electrons. The van der Waals surface area contributed by atoms with E-state index in [1.807, 2.05) is 31.2 Å². The van der Waals surface area contributed by atoms with Crippen molar-refractivity contribution in [2.45, 2.75) is 13.3 Å². The molecule has 0 aliphatic carbocycles. The first-order valence-corrected chi connectivity index (χ1v) is 5.17. The second-order valence-corrected chi connectivity index (χ2v) is 4.19. The maximum Gasteiger partial charge on any atom is -0.147 e. The minimum absolute atomic E-state index is 0. The standard InChI is InChI=1S/C9H9O.ClH.Zn/c1-2-9(10)8-6-4-3-5-7-8;;/h4-7H,2H2,1H3;1H;. The number of hydrogen-bond acceptors (Lipinski definition) is 1. The number of carbonyl (C=O) groups excluding carboxylic acids is 1. The fraction of sp³-hybridized carbons (Fsp3) is 0.222. The number of Topliss-reactive ketones (excluding diaryl/α,β-unsaturated/α-hetero) is 1. The molecule has 12 heavy (non-hydrogen) atoms. The summed E-state index contributed by atoms with van der Waals surface area (Å²) in [5.41, 5.74) is 0.838. The zero-order valence-corrected chi connectivity index (χ0v) is 10.8. The summed E-state index contributed by atoms with van der Waals surface area (Å²) in [7, 11) is 0. The average molecular weight is 235 g/mol. The molecule has 0 N–H and O–H groups in total. The van der Waals surface area contributed by atoms with Crippen LogP contribution in [0.2, 0.25) is 0 Å². The van der Waals surface area contributed by atoms with Crippen LogP contribution in [0.3, 0.4) is 0 Å². The fourth-order valence-electron chi connectivity index (χ4n) is 0.895. The number of ketones is 1. The van der Waals surface area contributed by atoms with E-state index in [1.165, 1.54) is 4.16 Å². The van der Waals surface area contributed by atoms with Crippen molar-refractivity contribution < 1.29 is 23.1 Å². The van der Waals surface area contributed by atoms with Gasteiger partial charge < -0.3 is 0 Å². The summed E-state index contributed by atoms with van der Waals surface area (Å²) in [6.45, 7) is 1.88. The van der Waals surface area contributed by atoms with Gasteiger partial charge in [-0.15, -0.1) is 12.4 Å². The Morgan fingerprint density at radius 1 is 1.33 bits per heavy atom. The van der Waals surface area contributed by atoms with Gasteiger partial charge in [0.15, 0.2) is 0 Å². The van der Waals surface area contributed by atoms with E-state index in [4.69, 9.17) is 0 Å². The van der Waals surface area contributed by atoms with Crippen molar-refractivity contribution in [2.24, 2.45) is 0 Å². The molecule has 0 spiro atoms. The van der Waals surface area contributed by atoms with E-state index >= 15 is 0 Å². The molecule has 3 heteroatoms. The van der Waals surface area contributed by atoms with E-state index in [9.17, 15) is 4.79 Å². The first-order chi connectivity index (χ1) is 5.24. The molecule has 0 heterocycles. The van der Waals surface area contributed by atoms with Crippen LogP contribution in [0.25, 0.3) is 0 Å².